The molecule has 8 nitrogen and oxygen atoms in total. The maximum Gasteiger partial charge on any atom is 0.150 e. The van der Waals surface area contributed by atoms with E-state index in [1.54, 1.807) is 0 Å². The molecule has 0 radical (unpaired) electrons. The standard InChI is InChI=1S/C56H84N6O2/c1-5-25-59(29-15-9-16-30-59)43-47-37-50(55(63)51(38-47)45-61(27-7-3)33-19-11-20-34-61)42-57-53-24-14-13-23-49(53)41-58-54-40-48(44-60(26-6-2)31-17-10-18-32-60)39-52(56(54)64)46-62(28-8-4)35-21-12-22-36-62/h5-8,37-42,49,53H,1-4,9-36,43-46H2/q+2/p+2/t49-,53+/m0/s1. The van der Waals surface area contributed by atoms with E-state index in [1.807, 2.05) is 6.21 Å². The summed E-state index contributed by atoms with van der Waals surface area (Å²) in [6.45, 7) is 33.2. The van der Waals surface area contributed by atoms with Crippen LogP contribution >= 0.6 is 0 Å². The second-order valence-corrected chi connectivity index (χ2v) is 21.3. The van der Waals surface area contributed by atoms with Gasteiger partial charge in [-0.15, -0.1) is 0 Å². The van der Waals surface area contributed by atoms with Crippen molar-refractivity contribution in [2.75, 3.05) is 78.5 Å². The van der Waals surface area contributed by atoms with E-state index in [0.717, 1.165) is 139 Å². The van der Waals surface area contributed by atoms with Gasteiger partial charge in [-0.05, 0) is 138 Å². The lowest BCUT2D eigenvalue weighted by molar-refractivity contribution is -0.940. The lowest BCUT2D eigenvalue weighted by Gasteiger charge is -2.42. The number of piperidine rings is 4. The van der Waals surface area contributed by atoms with Gasteiger partial charge in [0.25, 0.3) is 0 Å². The molecule has 2 aromatic carbocycles. The van der Waals surface area contributed by atoms with Crippen molar-refractivity contribution in [1.82, 2.24) is 0 Å². The van der Waals surface area contributed by atoms with E-state index < -0.39 is 0 Å². The van der Waals surface area contributed by atoms with Crippen LogP contribution in [0.15, 0.2) is 84.9 Å². The van der Waals surface area contributed by atoms with Crippen molar-refractivity contribution in [3.05, 3.63) is 103 Å². The van der Waals surface area contributed by atoms with Gasteiger partial charge < -0.3 is 28.1 Å². The monoisotopic (exact) mass is 875 g/mol. The van der Waals surface area contributed by atoms with Gasteiger partial charge in [0.15, 0.2) is 0 Å². The number of aromatic hydroxyl groups is 2. The van der Waals surface area contributed by atoms with E-state index in [1.165, 1.54) is 114 Å². The van der Waals surface area contributed by atoms with Crippen molar-refractivity contribution in [2.24, 2.45) is 15.9 Å². The fourth-order valence-electron chi connectivity index (χ4n) is 12.9. The molecular weight excluding hydrogens is 789 g/mol. The molecule has 5 fully saturated rings. The van der Waals surface area contributed by atoms with Gasteiger partial charge in [-0.25, -0.2) is 0 Å². The largest absolute Gasteiger partial charge is 0.507 e. The van der Waals surface area contributed by atoms with Crippen LogP contribution < -0.4 is 0 Å². The van der Waals surface area contributed by atoms with Crippen molar-refractivity contribution in [3.8, 4) is 11.5 Å². The van der Waals surface area contributed by atoms with E-state index >= 15 is 0 Å². The van der Waals surface area contributed by atoms with Crippen molar-refractivity contribution < 1.29 is 28.1 Å². The summed E-state index contributed by atoms with van der Waals surface area (Å²) in [6, 6.07) is 9.11. The Morgan fingerprint density at radius 2 is 0.891 bits per heavy atom. The number of likely N-dealkylation sites (tertiary alicyclic amines) is 4. The Morgan fingerprint density at radius 3 is 1.34 bits per heavy atom. The molecule has 0 unspecified atom stereocenters. The maximum atomic E-state index is 12.2. The summed E-state index contributed by atoms with van der Waals surface area (Å²) in [5.74, 6) is 0.871. The van der Waals surface area contributed by atoms with Crippen LogP contribution in [0.4, 0.5) is 5.69 Å². The number of nitrogens with zero attached hydrogens (tertiary/aromatic N) is 6. The Bertz CT molecular complexity index is 1800. The molecule has 1 aliphatic carbocycles. The molecule has 4 heterocycles. The molecular formula is C56H86N6O2+4. The molecule has 2 atom stereocenters. The summed E-state index contributed by atoms with van der Waals surface area (Å²) in [4.78, 5) is 10.6. The number of phenolic OH excluding ortho intramolecular Hbond substituents is 2. The maximum absolute atomic E-state index is 12.2. The molecule has 0 spiro atoms. The van der Waals surface area contributed by atoms with Crippen molar-refractivity contribution >= 4 is 18.1 Å². The minimum absolute atomic E-state index is 0.0563. The van der Waals surface area contributed by atoms with Crippen LogP contribution in [0.25, 0.3) is 0 Å². The van der Waals surface area contributed by atoms with Crippen LogP contribution in [0.5, 0.6) is 11.5 Å². The number of phenols is 2. The Balaban J connectivity index is 1.20. The minimum Gasteiger partial charge on any atom is -0.507 e. The van der Waals surface area contributed by atoms with Crippen LogP contribution in [0.2, 0.25) is 0 Å². The normalized spacial score (nSPS) is 24.3. The quantitative estimate of drug-likeness (QED) is 0.0791. The van der Waals surface area contributed by atoms with Crippen LogP contribution in [0.1, 0.15) is 131 Å². The lowest BCUT2D eigenvalue weighted by atomic mass is 9.85. The van der Waals surface area contributed by atoms with Gasteiger partial charge in [-0.2, -0.15) is 0 Å². The predicted molar refractivity (Wildman–Crippen MR) is 268 cm³/mol. The molecule has 1 saturated carbocycles. The molecule has 4 saturated heterocycles. The Labute approximate surface area is 388 Å². The smallest absolute Gasteiger partial charge is 0.150 e. The summed E-state index contributed by atoms with van der Waals surface area (Å²) >= 11 is 0. The highest BCUT2D eigenvalue weighted by Gasteiger charge is 2.35. The fourth-order valence-corrected chi connectivity index (χ4v) is 12.9. The number of benzene rings is 2. The molecule has 5 aliphatic rings. The molecule has 0 amide bonds. The molecule has 64 heavy (non-hydrogen) atoms. The number of aliphatic imine (C=N–C) groups is 2. The Morgan fingerprint density at radius 1 is 0.484 bits per heavy atom. The molecule has 0 aromatic heterocycles. The van der Waals surface area contributed by atoms with Crippen molar-refractivity contribution in [3.63, 3.8) is 0 Å². The SMILES string of the molecule is C=CC[N+]1(Cc2cc(C=N[C@@H]3CCCC[C@H]3C=Nc3cc(C[N+]4(CC=C)CCCCC4)cc(C[N+]4(CC=C)CCCCC4)c3O)c(O)c(C[N+]3(CC=C)CCCCC3)c2)CCCCC1. The zero-order valence-corrected chi connectivity index (χ0v) is 40.0. The van der Waals surface area contributed by atoms with Crippen LogP contribution in [-0.2, 0) is 26.2 Å². The summed E-state index contributed by atoms with van der Waals surface area (Å²) < 4.78 is 3.98. The molecule has 4 aliphatic heterocycles. The van der Waals surface area contributed by atoms with Gasteiger partial charge in [0, 0.05) is 40.6 Å². The summed E-state index contributed by atoms with van der Waals surface area (Å²) in [5, 5.41) is 24.3. The van der Waals surface area contributed by atoms with E-state index in [2.05, 4.69) is 81.1 Å². The molecule has 8 heteroatoms. The highest BCUT2D eigenvalue weighted by atomic mass is 16.3. The topological polar surface area (TPSA) is 65.2 Å². The first-order valence-electron chi connectivity index (χ1n) is 25.8. The summed E-state index contributed by atoms with van der Waals surface area (Å²) in [6.07, 6.45) is 31.8. The van der Waals surface area contributed by atoms with Gasteiger partial charge in [-0.3, -0.25) is 9.98 Å². The van der Waals surface area contributed by atoms with E-state index in [0.29, 0.717) is 17.2 Å². The van der Waals surface area contributed by atoms with E-state index in [-0.39, 0.29) is 12.0 Å². The third-order valence-corrected chi connectivity index (χ3v) is 16.3. The van der Waals surface area contributed by atoms with Crippen molar-refractivity contribution in [1.29, 1.82) is 0 Å². The highest BCUT2D eigenvalue weighted by molar-refractivity contribution is 5.85. The third kappa shape index (κ3) is 12.1. The van der Waals surface area contributed by atoms with E-state index in [4.69, 9.17) is 9.98 Å². The average Bonchev–Trinajstić information content (AvgIpc) is 3.29. The predicted octanol–water partition coefficient (Wildman–Crippen LogP) is 11.2. The van der Waals surface area contributed by atoms with E-state index in [9.17, 15) is 10.2 Å². The molecule has 0 bridgehead atoms. The third-order valence-electron chi connectivity index (χ3n) is 16.3. The minimum atomic E-state index is 0.0563. The highest BCUT2D eigenvalue weighted by Crippen LogP contribution is 2.39. The second-order valence-electron chi connectivity index (χ2n) is 21.3. The van der Waals surface area contributed by atoms with Crippen LogP contribution in [0.3, 0.4) is 0 Å². The van der Waals surface area contributed by atoms with Crippen molar-refractivity contribution in [2.45, 2.75) is 135 Å². The number of rotatable bonds is 20. The lowest BCUT2D eigenvalue weighted by Crippen LogP contribution is -2.51. The summed E-state index contributed by atoms with van der Waals surface area (Å²) in [5.41, 5.74) is 6.17. The first-order chi connectivity index (χ1) is 31.2. The number of hydrogen-bond donors (Lipinski definition) is 2. The van der Waals surface area contributed by atoms with Gasteiger partial charge in [-0.1, -0.05) is 39.2 Å². The second kappa shape index (κ2) is 22.6. The Kier molecular flexibility index (Phi) is 17.0. The number of quaternary nitrogens is 4. The van der Waals surface area contributed by atoms with Crippen LogP contribution in [0, 0.1) is 5.92 Å². The first-order valence-corrected chi connectivity index (χ1v) is 25.8. The van der Waals surface area contributed by atoms with Gasteiger partial charge >= 0.3 is 0 Å². The van der Waals surface area contributed by atoms with Crippen LogP contribution in [-0.4, -0.2) is 125 Å². The molecule has 7 rings (SSSR count). The van der Waals surface area contributed by atoms with Gasteiger partial charge in [0.1, 0.15) is 43.4 Å². The zero-order valence-electron chi connectivity index (χ0n) is 40.0. The Hall–Kier alpha value is -3.82. The molecule has 2 aromatic rings. The average molecular weight is 875 g/mol. The fraction of sp³-hybridized carbons (Fsp3) is 0.607. The van der Waals surface area contributed by atoms with Gasteiger partial charge in [0.05, 0.1) is 90.1 Å². The zero-order chi connectivity index (χ0) is 44.9. The molecule has 348 valence electrons. The first kappa shape index (κ1) is 48.1. The number of hydrogen-bond acceptors (Lipinski definition) is 4. The summed E-state index contributed by atoms with van der Waals surface area (Å²) in [7, 11) is 0. The van der Waals surface area contributed by atoms with Gasteiger partial charge in [0.2, 0.25) is 0 Å². The molecule has 2 N–H and O–H groups in total.